The van der Waals surface area contributed by atoms with E-state index in [0.29, 0.717) is 5.92 Å². The van der Waals surface area contributed by atoms with Gasteiger partial charge in [-0.05, 0) is 31.1 Å². The maximum Gasteiger partial charge on any atom is 0.371 e. The predicted molar refractivity (Wildman–Crippen MR) is 66.0 cm³/mol. The van der Waals surface area contributed by atoms with Crippen LogP contribution in [-0.4, -0.2) is 16.8 Å². The van der Waals surface area contributed by atoms with Gasteiger partial charge < -0.3 is 9.52 Å². The van der Waals surface area contributed by atoms with Gasteiger partial charge in [0.05, 0.1) is 0 Å². The maximum atomic E-state index is 10.7. The highest BCUT2D eigenvalue weighted by Gasteiger charge is 2.12. The molecule has 1 N–H and O–H groups in total. The summed E-state index contributed by atoms with van der Waals surface area (Å²) in [5.74, 6) is 2.40. The molecule has 0 spiro atoms. The van der Waals surface area contributed by atoms with Crippen LogP contribution in [0, 0.1) is 12.8 Å². The Morgan fingerprint density at radius 1 is 1.56 bits per heavy atom. The van der Waals surface area contributed by atoms with E-state index in [1.165, 1.54) is 6.42 Å². The highest BCUT2D eigenvalue weighted by Crippen LogP contribution is 2.21. The largest absolute Gasteiger partial charge is 0.475 e. The zero-order chi connectivity index (χ0) is 12.1. The molecule has 4 heteroatoms. The first-order valence-electron chi connectivity index (χ1n) is 5.41. The van der Waals surface area contributed by atoms with Crippen molar-refractivity contribution in [2.24, 2.45) is 5.92 Å². The molecule has 1 rings (SSSR count). The van der Waals surface area contributed by atoms with Crippen molar-refractivity contribution in [1.82, 2.24) is 0 Å². The molecule has 0 aliphatic rings. The van der Waals surface area contributed by atoms with Crippen LogP contribution >= 0.6 is 11.8 Å². The molecule has 0 aliphatic heterocycles. The van der Waals surface area contributed by atoms with Crippen LogP contribution in [0.1, 0.15) is 42.1 Å². The molecule has 0 radical (unpaired) electrons. The number of carboxylic acids is 1. The number of hydrogen-bond acceptors (Lipinski definition) is 3. The number of furan rings is 1. The highest BCUT2D eigenvalue weighted by atomic mass is 32.2. The Bertz CT molecular complexity index is 355. The number of thioether (sulfide) groups is 1. The number of carboxylic acid groups (broad SMARTS) is 1. The summed E-state index contributed by atoms with van der Waals surface area (Å²) in [4.78, 5) is 10.7. The molecule has 0 saturated heterocycles. The predicted octanol–water partition coefficient (Wildman–Crippen LogP) is 3.57. The van der Waals surface area contributed by atoms with E-state index in [9.17, 15) is 4.79 Å². The average Bonchev–Trinajstić information content (AvgIpc) is 2.55. The summed E-state index contributed by atoms with van der Waals surface area (Å²) in [7, 11) is 0. The van der Waals surface area contributed by atoms with Crippen LogP contribution in [-0.2, 0) is 5.75 Å². The zero-order valence-corrected chi connectivity index (χ0v) is 10.8. The quantitative estimate of drug-likeness (QED) is 0.775. The van der Waals surface area contributed by atoms with E-state index in [0.717, 1.165) is 22.8 Å². The van der Waals surface area contributed by atoms with E-state index in [4.69, 9.17) is 9.52 Å². The SMILES string of the molecule is Cc1oc(C(=O)O)cc1CSCCC(C)C. The van der Waals surface area contributed by atoms with Crippen molar-refractivity contribution in [2.75, 3.05) is 5.75 Å². The van der Waals surface area contributed by atoms with Crippen LogP contribution in [0.25, 0.3) is 0 Å². The monoisotopic (exact) mass is 242 g/mol. The Morgan fingerprint density at radius 2 is 2.25 bits per heavy atom. The number of hydrogen-bond donors (Lipinski definition) is 1. The smallest absolute Gasteiger partial charge is 0.371 e. The van der Waals surface area contributed by atoms with Gasteiger partial charge in [-0.3, -0.25) is 0 Å². The molecule has 0 fully saturated rings. The van der Waals surface area contributed by atoms with Gasteiger partial charge in [-0.25, -0.2) is 4.79 Å². The van der Waals surface area contributed by atoms with Gasteiger partial charge in [0.2, 0.25) is 5.76 Å². The van der Waals surface area contributed by atoms with Crippen molar-refractivity contribution < 1.29 is 14.3 Å². The summed E-state index contributed by atoms with van der Waals surface area (Å²) in [6.45, 7) is 6.21. The number of rotatable bonds is 6. The van der Waals surface area contributed by atoms with Crippen molar-refractivity contribution in [3.63, 3.8) is 0 Å². The molecule has 3 nitrogen and oxygen atoms in total. The molecule has 90 valence electrons. The average molecular weight is 242 g/mol. The zero-order valence-electron chi connectivity index (χ0n) is 9.95. The van der Waals surface area contributed by atoms with Gasteiger partial charge in [-0.15, -0.1) is 0 Å². The van der Waals surface area contributed by atoms with Crippen LogP contribution in [0.15, 0.2) is 10.5 Å². The van der Waals surface area contributed by atoms with Gasteiger partial charge in [-0.1, -0.05) is 13.8 Å². The standard InChI is InChI=1S/C12H18O3S/c1-8(2)4-5-16-7-10-6-11(12(13)14)15-9(10)3/h6,8H,4-5,7H2,1-3H3,(H,13,14). The lowest BCUT2D eigenvalue weighted by molar-refractivity contribution is 0.0661. The van der Waals surface area contributed by atoms with Crippen molar-refractivity contribution in [2.45, 2.75) is 32.9 Å². The summed E-state index contributed by atoms with van der Waals surface area (Å²) in [6, 6.07) is 1.63. The molecule has 1 aromatic heterocycles. The van der Waals surface area contributed by atoms with Gasteiger partial charge in [0.25, 0.3) is 0 Å². The van der Waals surface area contributed by atoms with Crippen molar-refractivity contribution in [3.8, 4) is 0 Å². The Kier molecular flexibility index (Phi) is 4.93. The Morgan fingerprint density at radius 3 is 2.75 bits per heavy atom. The van der Waals surface area contributed by atoms with Gasteiger partial charge in [0, 0.05) is 11.3 Å². The lowest BCUT2D eigenvalue weighted by atomic mass is 10.2. The molecule has 0 amide bonds. The van der Waals surface area contributed by atoms with Crippen LogP contribution in [0.3, 0.4) is 0 Å². The summed E-state index contributed by atoms with van der Waals surface area (Å²) < 4.78 is 5.14. The minimum Gasteiger partial charge on any atom is -0.475 e. The van der Waals surface area contributed by atoms with Crippen molar-refractivity contribution >= 4 is 17.7 Å². The fourth-order valence-electron chi connectivity index (χ4n) is 1.27. The van der Waals surface area contributed by atoms with Crippen molar-refractivity contribution in [3.05, 3.63) is 23.2 Å². The second-order valence-corrected chi connectivity index (χ2v) is 5.34. The molecule has 1 aromatic rings. The molecular formula is C12H18O3S. The maximum absolute atomic E-state index is 10.7. The summed E-state index contributed by atoms with van der Waals surface area (Å²) in [5, 5.41) is 8.77. The van der Waals surface area contributed by atoms with E-state index in [2.05, 4.69) is 13.8 Å². The Labute approximate surface area is 100 Å². The number of aryl methyl sites for hydroxylation is 1. The van der Waals surface area contributed by atoms with Crippen molar-refractivity contribution in [1.29, 1.82) is 0 Å². The molecular weight excluding hydrogens is 224 g/mol. The third-order valence-corrected chi connectivity index (χ3v) is 3.37. The topological polar surface area (TPSA) is 50.4 Å². The molecule has 0 aromatic carbocycles. The fraction of sp³-hybridized carbons (Fsp3) is 0.583. The van der Waals surface area contributed by atoms with Crippen LogP contribution in [0.4, 0.5) is 0 Å². The van der Waals surface area contributed by atoms with Crippen LogP contribution < -0.4 is 0 Å². The Balaban J connectivity index is 2.45. The lowest BCUT2D eigenvalue weighted by Crippen LogP contribution is -1.92. The third kappa shape index (κ3) is 3.93. The van der Waals surface area contributed by atoms with E-state index >= 15 is 0 Å². The molecule has 0 aliphatic carbocycles. The van der Waals surface area contributed by atoms with Gasteiger partial charge in [-0.2, -0.15) is 11.8 Å². The fourth-order valence-corrected chi connectivity index (χ4v) is 2.56. The summed E-state index contributed by atoms with van der Waals surface area (Å²) in [5.41, 5.74) is 0.992. The summed E-state index contributed by atoms with van der Waals surface area (Å²) >= 11 is 1.82. The molecule has 1 heterocycles. The molecule has 0 atom stereocenters. The highest BCUT2D eigenvalue weighted by molar-refractivity contribution is 7.98. The minimum absolute atomic E-state index is 0.0389. The first-order valence-corrected chi connectivity index (χ1v) is 6.56. The van der Waals surface area contributed by atoms with Crippen LogP contribution in [0.5, 0.6) is 0 Å². The van der Waals surface area contributed by atoms with Crippen LogP contribution in [0.2, 0.25) is 0 Å². The molecule has 16 heavy (non-hydrogen) atoms. The normalized spacial score (nSPS) is 11.0. The molecule has 0 bridgehead atoms. The van der Waals surface area contributed by atoms with Gasteiger partial charge >= 0.3 is 5.97 Å². The van der Waals surface area contributed by atoms with E-state index in [1.807, 2.05) is 18.7 Å². The number of aromatic carboxylic acids is 1. The summed E-state index contributed by atoms with van der Waals surface area (Å²) in [6.07, 6.45) is 1.19. The van der Waals surface area contributed by atoms with E-state index < -0.39 is 5.97 Å². The van der Waals surface area contributed by atoms with E-state index in [-0.39, 0.29) is 5.76 Å². The minimum atomic E-state index is -0.999. The second kappa shape index (κ2) is 5.99. The van der Waals surface area contributed by atoms with E-state index in [1.54, 1.807) is 6.07 Å². The second-order valence-electron chi connectivity index (χ2n) is 4.23. The third-order valence-electron chi connectivity index (χ3n) is 2.33. The Hall–Kier alpha value is -0.900. The first-order chi connectivity index (χ1) is 7.50. The number of carbonyl (C=O) groups is 1. The molecule has 0 unspecified atom stereocenters. The first kappa shape index (κ1) is 13.2. The lowest BCUT2D eigenvalue weighted by Gasteiger charge is -2.03. The van der Waals surface area contributed by atoms with Gasteiger partial charge in [0.15, 0.2) is 0 Å². The molecule has 0 saturated carbocycles. The van der Waals surface area contributed by atoms with Gasteiger partial charge in [0.1, 0.15) is 5.76 Å².